The van der Waals surface area contributed by atoms with E-state index >= 15 is 0 Å². The maximum Gasteiger partial charge on any atom is 0.259 e. The fourth-order valence-corrected chi connectivity index (χ4v) is 2.59. The molecule has 24 heavy (non-hydrogen) atoms. The van der Waals surface area contributed by atoms with Crippen LogP contribution in [-0.4, -0.2) is 23.8 Å². The maximum absolute atomic E-state index is 11.8. The summed E-state index contributed by atoms with van der Waals surface area (Å²) in [6.07, 6.45) is 1.28. The first-order valence-electron chi connectivity index (χ1n) is 7.18. The number of phenols is 1. The average molecular weight is 366 g/mol. The summed E-state index contributed by atoms with van der Waals surface area (Å²) in [4.78, 5) is 11.8. The van der Waals surface area contributed by atoms with Crippen LogP contribution >= 0.6 is 23.2 Å². The SMILES string of the molecule is Cc1ccc(NCC(=O)N/N=C/c2cc(Cl)cc(Cl)c2O)c(C)c1. The topological polar surface area (TPSA) is 73.7 Å². The summed E-state index contributed by atoms with van der Waals surface area (Å²) in [5, 5.41) is 17.1. The summed E-state index contributed by atoms with van der Waals surface area (Å²) in [5.74, 6) is -0.466. The molecule has 1 amide bonds. The van der Waals surface area contributed by atoms with Crippen LogP contribution < -0.4 is 10.7 Å². The van der Waals surface area contributed by atoms with Gasteiger partial charge in [0.15, 0.2) is 0 Å². The van der Waals surface area contributed by atoms with E-state index in [1.807, 2.05) is 32.0 Å². The number of hydrazone groups is 1. The molecule has 2 aromatic carbocycles. The summed E-state index contributed by atoms with van der Waals surface area (Å²) in [5.41, 5.74) is 5.79. The molecule has 2 rings (SSSR count). The van der Waals surface area contributed by atoms with Gasteiger partial charge in [0.05, 0.1) is 17.8 Å². The second kappa shape index (κ2) is 8.04. The quantitative estimate of drug-likeness (QED) is 0.555. The van der Waals surface area contributed by atoms with Crippen LogP contribution in [0.1, 0.15) is 16.7 Å². The first kappa shape index (κ1) is 18.1. The highest BCUT2D eigenvalue weighted by atomic mass is 35.5. The molecule has 0 aliphatic heterocycles. The molecular formula is C17H17Cl2N3O2. The van der Waals surface area contributed by atoms with E-state index in [1.54, 1.807) is 0 Å². The Morgan fingerprint density at radius 3 is 2.71 bits per heavy atom. The smallest absolute Gasteiger partial charge is 0.259 e. The predicted octanol–water partition coefficient (Wildman–Crippen LogP) is 3.88. The lowest BCUT2D eigenvalue weighted by Gasteiger charge is -2.09. The molecule has 7 heteroatoms. The summed E-state index contributed by atoms with van der Waals surface area (Å²) >= 11 is 11.7. The molecule has 0 fully saturated rings. The molecule has 0 unspecified atom stereocenters. The van der Waals surface area contributed by atoms with Crippen LogP contribution in [0.3, 0.4) is 0 Å². The number of nitrogens with zero attached hydrogens (tertiary/aromatic N) is 1. The first-order chi connectivity index (χ1) is 11.4. The molecule has 0 saturated carbocycles. The van der Waals surface area contributed by atoms with E-state index in [9.17, 15) is 9.90 Å². The molecule has 0 heterocycles. The second-order valence-electron chi connectivity index (χ2n) is 5.29. The van der Waals surface area contributed by atoms with Gasteiger partial charge in [-0.25, -0.2) is 5.43 Å². The molecule has 3 N–H and O–H groups in total. The second-order valence-corrected chi connectivity index (χ2v) is 6.13. The van der Waals surface area contributed by atoms with Crippen molar-refractivity contribution in [1.29, 1.82) is 0 Å². The van der Waals surface area contributed by atoms with E-state index in [4.69, 9.17) is 23.2 Å². The van der Waals surface area contributed by atoms with Crippen LogP contribution in [0.4, 0.5) is 5.69 Å². The molecule has 0 aromatic heterocycles. The molecular weight excluding hydrogens is 349 g/mol. The average Bonchev–Trinajstić information content (AvgIpc) is 2.51. The number of amides is 1. The summed E-state index contributed by atoms with van der Waals surface area (Å²) in [6.45, 7) is 4.05. The van der Waals surface area contributed by atoms with Gasteiger partial charge in [0, 0.05) is 16.3 Å². The minimum atomic E-state index is -0.321. The highest BCUT2D eigenvalue weighted by molar-refractivity contribution is 6.36. The first-order valence-corrected chi connectivity index (χ1v) is 7.93. The van der Waals surface area contributed by atoms with E-state index in [0.717, 1.165) is 16.8 Å². The third-order valence-corrected chi connectivity index (χ3v) is 3.78. The van der Waals surface area contributed by atoms with Crippen LogP contribution in [0, 0.1) is 13.8 Å². The highest BCUT2D eigenvalue weighted by Gasteiger charge is 2.06. The van der Waals surface area contributed by atoms with Gasteiger partial charge in [-0.05, 0) is 37.6 Å². The normalized spacial score (nSPS) is 10.8. The standard InChI is InChI=1S/C17H17Cl2N3O2/c1-10-3-4-15(11(2)5-10)20-9-16(23)22-21-8-12-6-13(18)7-14(19)17(12)24/h3-8,20,24H,9H2,1-2H3,(H,22,23)/b21-8+. The number of aromatic hydroxyl groups is 1. The van der Waals surface area contributed by atoms with Crippen LogP contribution in [0.2, 0.25) is 10.0 Å². The lowest BCUT2D eigenvalue weighted by atomic mass is 10.1. The zero-order chi connectivity index (χ0) is 17.7. The van der Waals surface area contributed by atoms with E-state index in [1.165, 1.54) is 18.3 Å². The minimum absolute atomic E-state index is 0.0729. The van der Waals surface area contributed by atoms with Gasteiger partial charge in [0.1, 0.15) is 5.75 Å². The number of halogens is 2. The highest BCUT2D eigenvalue weighted by Crippen LogP contribution is 2.29. The number of nitrogens with one attached hydrogen (secondary N) is 2. The van der Waals surface area contributed by atoms with Crippen LogP contribution in [0.5, 0.6) is 5.75 Å². The Morgan fingerprint density at radius 2 is 2.00 bits per heavy atom. The number of hydrogen-bond donors (Lipinski definition) is 3. The van der Waals surface area contributed by atoms with Crippen molar-refractivity contribution in [2.45, 2.75) is 13.8 Å². The Hall–Kier alpha value is -2.24. The Balaban J connectivity index is 1.91. The third kappa shape index (κ3) is 4.88. The van der Waals surface area contributed by atoms with Crippen molar-refractivity contribution < 1.29 is 9.90 Å². The van der Waals surface area contributed by atoms with E-state index in [0.29, 0.717) is 10.6 Å². The number of phenolic OH excluding ortho intramolecular Hbond substituents is 1. The Bertz CT molecular complexity index is 792. The van der Waals surface area contributed by atoms with Gasteiger partial charge in [-0.2, -0.15) is 5.10 Å². The van der Waals surface area contributed by atoms with Crippen molar-refractivity contribution in [3.63, 3.8) is 0 Å². The lowest BCUT2D eigenvalue weighted by molar-refractivity contribution is -0.119. The van der Waals surface area contributed by atoms with Gasteiger partial charge in [-0.1, -0.05) is 40.9 Å². The number of hydrogen-bond acceptors (Lipinski definition) is 4. The number of benzene rings is 2. The van der Waals surface area contributed by atoms with Crippen LogP contribution in [0.25, 0.3) is 0 Å². The molecule has 126 valence electrons. The van der Waals surface area contributed by atoms with Crippen molar-refractivity contribution in [3.05, 3.63) is 57.1 Å². The summed E-state index contributed by atoms with van der Waals surface area (Å²) < 4.78 is 0. The number of anilines is 1. The van der Waals surface area contributed by atoms with Gasteiger partial charge in [0.2, 0.25) is 0 Å². The van der Waals surface area contributed by atoms with E-state index in [2.05, 4.69) is 15.8 Å². The van der Waals surface area contributed by atoms with Crippen molar-refractivity contribution >= 4 is 41.0 Å². The zero-order valence-corrected chi connectivity index (χ0v) is 14.7. The van der Waals surface area contributed by atoms with Gasteiger partial charge in [0.25, 0.3) is 5.91 Å². The molecule has 0 saturated heterocycles. The van der Waals surface area contributed by atoms with Crippen molar-refractivity contribution in [2.75, 3.05) is 11.9 Å². The molecule has 0 aliphatic carbocycles. The zero-order valence-electron chi connectivity index (χ0n) is 13.2. The van der Waals surface area contributed by atoms with Gasteiger partial charge < -0.3 is 10.4 Å². The van der Waals surface area contributed by atoms with Crippen molar-refractivity contribution in [1.82, 2.24) is 5.43 Å². The molecule has 5 nitrogen and oxygen atoms in total. The third-order valence-electron chi connectivity index (χ3n) is 3.27. The molecule has 0 atom stereocenters. The summed E-state index contributed by atoms with van der Waals surface area (Å²) in [6, 6.07) is 8.84. The van der Waals surface area contributed by atoms with Crippen LogP contribution in [-0.2, 0) is 4.79 Å². The number of rotatable bonds is 5. The fraction of sp³-hybridized carbons (Fsp3) is 0.176. The molecule has 2 aromatic rings. The molecule has 0 aliphatic rings. The molecule has 0 bridgehead atoms. The Kier molecular flexibility index (Phi) is 6.06. The molecule has 0 radical (unpaired) electrons. The summed E-state index contributed by atoms with van der Waals surface area (Å²) in [7, 11) is 0. The monoisotopic (exact) mass is 365 g/mol. The van der Waals surface area contributed by atoms with Gasteiger partial charge >= 0.3 is 0 Å². The van der Waals surface area contributed by atoms with Gasteiger partial charge in [-0.15, -0.1) is 0 Å². The fourth-order valence-electron chi connectivity index (χ4n) is 2.09. The van der Waals surface area contributed by atoms with Crippen molar-refractivity contribution in [3.8, 4) is 5.75 Å². The van der Waals surface area contributed by atoms with E-state index < -0.39 is 0 Å². The predicted molar refractivity (Wildman–Crippen MR) is 98.3 cm³/mol. The van der Waals surface area contributed by atoms with Crippen molar-refractivity contribution in [2.24, 2.45) is 5.10 Å². The van der Waals surface area contributed by atoms with Gasteiger partial charge in [-0.3, -0.25) is 4.79 Å². The Morgan fingerprint density at radius 1 is 1.25 bits per heavy atom. The van der Waals surface area contributed by atoms with E-state index in [-0.39, 0.29) is 23.2 Å². The largest absolute Gasteiger partial charge is 0.506 e. The lowest BCUT2D eigenvalue weighted by Crippen LogP contribution is -2.26. The number of carbonyl (C=O) groups is 1. The number of carbonyl (C=O) groups excluding carboxylic acids is 1. The Labute approximate surface area is 150 Å². The van der Waals surface area contributed by atoms with Crippen LogP contribution in [0.15, 0.2) is 35.4 Å². The minimum Gasteiger partial charge on any atom is -0.506 e. The molecule has 0 spiro atoms. The number of aryl methyl sites for hydroxylation is 2. The maximum atomic E-state index is 11.8.